The van der Waals surface area contributed by atoms with E-state index in [1.165, 1.54) is 12.8 Å². The van der Waals surface area contributed by atoms with E-state index in [4.69, 9.17) is 9.47 Å². The van der Waals surface area contributed by atoms with Crippen LogP contribution in [0.5, 0.6) is 5.75 Å². The van der Waals surface area contributed by atoms with E-state index in [9.17, 15) is 19.5 Å². The van der Waals surface area contributed by atoms with Crippen molar-refractivity contribution in [1.82, 2.24) is 15.1 Å². The van der Waals surface area contributed by atoms with Crippen molar-refractivity contribution in [3.05, 3.63) is 23.8 Å². The number of aliphatic hydroxyl groups excluding tert-OH is 1. The van der Waals surface area contributed by atoms with Gasteiger partial charge in [-0.15, -0.1) is 0 Å². The molecule has 2 aliphatic carbocycles. The second kappa shape index (κ2) is 17.9. The molecule has 10 heteroatoms. The van der Waals surface area contributed by atoms with Crippen LogP contribution in [0.2, 0.25) is 0 Å². The highest BCUT2D eigenvalue weighted by molar-refractivity contribution is 5.99. The number of carbonyl (C=O) groups is 3. The molecule has 0 bridgehead atoms. The van der Waals surface area contributed by atoms with Crippen molar-refractivity contribution in [1.29, 1.82) is 0 Å². The van der Waals surface area contributed by atoms with Crippen LogP contribution in [-0.2, 0) is 9.53 Å². The summed E-state index contributed by atoms with van der Waals surface area (Å²) >= 11 is 0. The number of rotatable bonds is 7. The number of nitrogens with one attached hydrogen (secondary N) is 2. The fraction of sp³-hybridized carbons (Fsp3) is 0.750. The van der Waals surface area contributed by atoms with Crippen LogP contribution in [0.25, 0.3) is 0 Å². The summed E-state index contributed by atoms with van der Waals surface area (Å²) in [6.07, 6.45) is 12.8. The highest BCUT2D eigenvalue weighted by Crippen LogP contribution is 2.29. The third-order valence-electron chi connectivity index (χ3n) is 10.0. The molecule has 3 aliphatic rings. The average molecular weight is 643 g/mol. The third kappa shape index (κ3) is 10.3. The number of hydrogen-bond donors (Lipinski definition) is 3. The molecule has 258 valence electrons. The fourth-order valence-electron chi connectivity index (χ4n) is 7.08. The molecular formula is C36H58N4O6. The second-order valence-electron chi connectivity index (χ2n) is 14.0. The zero-order chi connectivity index (χ0) is 33.1. The summed E-state index contributed by atoms with van der Waals surface area (Å²) in [6, 6.07) is 4.62. The van der Waals surface area contributed by atoms with E-state index in [0.29, 0.717) is 36.7 Å². The minimum atomic E-state index is -0.471. The van der Waals surface area contributed by atoms with Gasteiger partial charge in [-0.1, -0.05) is 45.4 Å². The number of hydrogen-bond acceptors (Lipinski definition) is 6. The summed E-state index contributed by atoms with van der Waals surface area (Å²) in [5.41, 5.74) is 0.848. The number of likely N-dealkylation sites (N-methyl/N-ethyl adjacent to an activating group) is 1. The first-order valence-electron chi connectivity index (χ1n) is 17.8. The van der Waals surface area contributed by atoms with Gasteiger partial charge in [0.05, 0.1) is 30.4 Å². The van der Waals surface area contributed by atoms with Crippen molar-refractivity contribution in [2.24, 2.45) is 11.8 Å². The van der Waals surface area contributed by atoms with Gasteiger partial charge in [-0.3, -0.25) is 9.59 Å². The van der Waals surface area contributed by atoms with Crippen molar-refractivity contribution in [3.8, 4) is 5.75 Å². The molecule has 4 amide bonds. The monoisotopic (exact) mass is 642 g/mol. The lowest BCUT2D eigenvalue weighted by Gasteiger charge is -2.36. The molecular weight excluding hydrogens is 584 g/mol. The Labute approximate surface area is 275 Å². The van der Waals surface area contributed by atoms with Crippen LogP contribution in [0.3, 0.4) is 0 Å². The van der Waals surface area contributed by atoms with Gasteiger partial charge in [-0.25, -0.2) is 4.79 Å². The van der Waals surface area contributed by atoms with Crippen LogP contribution >= 0.6 is 0 Å². The van der Waals surface area contributed by atoms with Crippen molar-refractivity contribution >= 4 is 23.5 Å². The van der Waals surface area contributed by atoms with E-state index in [1.54, 1.807) is 23.1 Å². The topological polar surface area (TPSA) is 120 Å². The first kappa shape index (κ1) is 36.0. The molecule has 1 heterocycles. The molecule has 1 aromatic rings. The summed E-state index contributed by atoms with van der Waals surface area (Å²) in [7, 11) is 1.87. The van der Waals surface area contributed by atoms with E-state index in [-0.39, 0.29) is 54.5 Å². The molecule has 46 heavy (non-hydrogen) atoms. The van der Waals surface area contributed by atoms with Gasteiger partial charge < -0.3 is 35.0 Å². The number of urea groups is 1. The van der Waals surface area contributed by atoms with Crippen molar-refractivity contribution in [2.45, 2.75) is 129 Å². The van der Waals surface area contributed by atoms with Crippen molar-refractivity contribution < 1.29 is 29.0 Å². The molecule has 0 saturated heterocycles. The fourth-order valence-corrected chi connectivity index (χ4v) is 7.08. The van der Waals surface area contributed by atoms with Crippen LogP contribution in [0, 0.1) is 11.8 Å². The molecule has 4 atom stereocenters. The van der Waals surface area contributed by atoms with Crippen LogP contribution in [0.15, 0.2) is 18.2 Å². The Bertz CT molecular complexity index is 1140. The highest BCUT2D eigenvalue weighted by atomic mass is 16.5. The van der Waals surface area contributed by atoms with E-state index < -0.39 is 6.04 Å². The largest absolute Gasteiger partial charge is 0.490 e. The number of nitrogens with zero attached hydrogens (tertiary/aromatic N) is 2. The lowest BCUT2D eigenvalue weighted by Crippen LogP contribution is -2.48. The van der Waals surface area contributed by atoms with Crippen molar-refractivity contribution in [2.75, 3.05) is 38.7 Å². The van der Waals surface area contributed by atoms with E-state index >= 15 is 0 Å². The summed E-state index contributed by atoms with van der Waals surface area (Å²) in [5, 5.41) is 16.2. The predicted octanol–water partition coefficient (Wildman–Crippen LogP) is 5.98. The summed E-state index contributed by atoms with van der Waals surface area (Å²) < 4.78 is 12.8. The predicted molar refractivity (Wildman–Crippen MR) is 180 cm³/mol. The first-order chi connectivity index (χ1) is 22.2. The average Bonchev–Trinajstić information content (AvgIpc) is 3.06. The number of benzene rings is 1. The summed E-state index contributed by atoms with van der Waals surface area (Å²) in [5.74, 6) is 0.313. The van der Waals surface area contributed by atoms with Crippen LogP contribution in [-0.4, -0.2) is 90.4 Å². The van der Waals surface area contributed by atoms with Crippen LogP contribution in [0.1, 0.15) is 115 Å². The van der Waals surface area contributed by atoms with Crippen molar-refractivity contribution in [3.63, 3.8) is 0 Å². The number of ether oxygens (including phenoxy) is 2. The zero-order valence-corrected chi connectivity index (χ0v) is 28.6. The van der Waals surface area contributed by atoms with Crippen LogP contribution in [0.4, 0.5) is 10.5 Å². The molecule has 2 saturated carbocycles. The molecule has 1 aromatic carbocycles. The molecule has 0 unspecified atom stereocenters. The number of amides is 4. The molecule has 1 aliphatic heterocycles. The number of carbonyl (C=O) groups excluding carboxylic acids is 3. The third-order valence-corrected chi connectivity index (χ3v) is 10.0. The van der Waals surface area contributed by atoms with Gasteiger partial charge in [-0.05, 0) is 77.0 Å². The number of fused-ring (bicyclic) bond motifs is 1. The minimum Gasteiger partial charge on any atom is -0.490 e. The first-order valence-corrected chi connectivity index (χ1v) is 17.8. The standard InChI is InChI=1S/C36H58N4O6/c1-25-22-40(26(2)24-41)35(43)31-21-30(38-36(44)37-29-16-9-6-10-17-29)18-19-32(31)46-27(3)13-11-12-20-45-33(25)23-39(4)34(42)28-14-7-5-8-15-28/h18-19,21,25-29,33,41H,5-17,20,22-24H2,1-4H3,(H2,37,38,44)/t25-,26-,27-,33+/m0/s1. The van der Waals surface area contributed by atoms with Gasteiger partial charge >= 0.3 is 6.03 Å². The van der Waals surface area contributed by atoms with Gasteiger partial charge in [0.2, 0.25) is 5.91 Å². The Kier molecular flexibility index (Phi) is 14.0. The van der Waals surface area contributed by atoms with E-state index in [0.717, 1.165) is 70.6 Å². The quantitative estimate of drug-likeness (QED) is 0.337. The summed E-state index contributed by atoms with van der Waals surface area (Å²) in [6.45, 7) is 7.00. The van der Waals surface area contributed by atoms with E-state index in [2.05, 4.69) is 10.6 Å². The van der Waals surface area contributed by atoms with Gasteiger partial charge in [0.25, 0.3) is 5.91 Å². The Morgan fingerprint density at radius 1 is 1.00 bits per heavy atom. The molecule has 0 aromatic heterocycles. The number of anilines is 1. The zero-order valence-electron chi connectivity index (χ0n) is 28.6. The number of aliphatic hydroxyl groups is 1. The Morgan fingerprint density at radius 2 is 1.67 bits per heavy atom. The van der Waals surface area contributed by atoms with Gasteiger partial charge in [0.1, 0.15) is 5.75 Å². The lowest BCUT2D eigenvalue weighted by molar-refractivity contribution is -0.137. The van der Waals surface area contributed by atoms with E-state index in [1.807, 2.05) is 32.7 Å². The lowest BCUT2D eigenvalue weighted by atomic mass is 9.88. The maximum atomic E-state index is 14.4. The smallest absolute Gasteiger partial charge is 0.319 e. The summed E-state index contributed by atoms with van der Waals surface area (Å²) in [4.78, 5) is 44.1. The van der Waals surface area contributed by atoms with Gasteiger partial charge in [-0.2, -0.15) is 0 Å². The minimum absolute atomic E-state index is 0.0746. The Balaban J connectivity index is 1.56. The maximum Gasteiger partial charge on any atom is 0.319 e. The maximum absolute atomic E-state index is 14.4. The molecule has 0 radical (unpaired) electrons. The van der Waals surface area contributed by atoms with Gasteiger partial charge in [0, 0.05) is 50.3 Å². The van der Waals surface area contributed by atoms with Gasteiger partial charge in [0.15, 0.2) is 0 Å². The molecule has 0 spiro atoms. The Morgan fingerprint density at radius 3 is 2.37 bits per heavy atom. The molecule has 2 fully saturated rings. The Hall–Kier alpha value is -2.85. The normalized spacial score (nSPS) is 25.0. The SMILES string of the molecule is C[C@H]1CCCCO[C@H](CN(C)C(=O)C2CCCCC2)[C@@H](C)CN([C@@H](C)CO)C(=O)c2cc(NC(=O)NC3CCCCC3)ccc2O1. The molecule has 4 rings (SSSR count). The second-order valence-corrected chi connectivity index (χ2v) is 14.0. The molecule has 10 nitrogen and oxygen atoms in total. The highest BCUT2D eigenvalue weighted by Gasteiger charge is 2.32. The molecule has 3 N–H and O–H groups in total. The van der Waals surface area contributed by atoms with Crippen LogP contribution < -0.4 is 15.4 Å².